The van der Waals surface area contributed by atoms with Crippen LogP contribution in [0.3, 0.4) is 0 Å². The summed E-state index contributed by atoms with van der Waals surface area (Å²) in [5.74, 6) is 0.456. The molecule has 1 aromatic carbocycles. The van der Waals surface area contributed by atoms with Crippen molar-refractivity contribution in [2.45, 2.75) is 31.7 Å². The Bertz CT molecular complexity index is 576. The smallest absolute Gasteiger partial charge is 0.312 e. The largest absolute Gasteiger partial charge is 0.353 e. The van der Waals surface area contributed by atoms with Gasteiger partial charge < -0.3 is 16.4 Å². The second-order valence-corrected chi connectivity index (χ2v) is 7.84. The zero-order valence-electron chi connectivity index (χ0n) is 14.0. The molecular weight excluding hydrogens is 369 g/mol. The Balaban J connectivity index is 2.80. The van der Waals surface area contributed by atoms with E-state index in [0.717, 1.165) is 11.3 Å². The molecule has 3 amide bonds. The van der Waals surface area contributed by atoms with Crippen molar-refractivity contribution in [1.29, 1.82) is 0 Å². The summed E-state index contributed by atoms with van der Waals surface area (Å²) in [6, 6.07) is 3.93. The lowest BCUT2D eigenvalue weighted by Crippen LogP contribution is -2.50. The first kappa shape index (κ1) is 20.9. The summed E-state index contributed by atoms with van der Waals surface area (Å²) >= 11 is 14.1. The molecule has 0 fully saturated rings. The van der Waals surface area contributed by atoms with Crippen LogP contribution >= 0.6 is 35.0 Å². The number of amides is 3. The Hall–Kier alpha value is -1.11. The molecule has 1 rings (SSSR count). The van der Waals surface area contributed by atoms with Crippen LogP contribution in [0.15, 0.2) is 18.2 Å². The quantitative estimate of drug-likeness (QED) is 0.635. The molecule has 0 radical (unpaired) electrons. The summed E-state index contributed by atoms with van der Waals surface area (Å²) in [6.45, 7) is 4.21. The molecule has 0 saturated heterocycles. The highest BCUT2D eigenvalue weighted by Gasteiger charge is 2.28. The van der Waals surface area contributed by atoms with E-state index in [4.69, 9.17) is 28.9 Å². The van der Waals surface area contributed by atoms with E-state index in [0.29, 0.717) is 23.0 Å². The number of nitrogens with one attached hydrogen (secondary N) is 2. The van der Waals surface area contributed by atoms with Crippen molar-refractivity contribution in [3.8, 4) is 0 Å². The van der Waals surface area contributed by atoms with Gasteiger partial charge in [-0.25, -0.2) is 4.79 Å². The van der Waals surface area contributed by atoms with Crippen LogP contribution in [-0.2, 0) is 10.2 Å². The van der Waals surface area contributed by atoms with Gasteiger partial charge in [-0.15, -0.1) is 0 Å². The lowest BCUT2D eigenvalue weighted by Gasteiger charge is -2.29. The molecule has 4 N–H and O–H groups in total. The predicted molar refractivity (Wildman–Crippen MR) is 102 cm³/mol. The van der Waals surface area contributed by atoms with E-state index in [1.54, 1.807) is 30.0 Å². The van der Waals surface area contributed by atoms with Crippen LogP contribution in [0.4, 0.5) is 4.79 Å². The van der Waals surface area contributed by atoms with Gasteiger partial charge in [0.25, 0.3) is 0 Å². The average Bonchev–Trinajstić information content (AvgIpc) is 2.48. The van der Waals surface area contributed by atoms with Gasteiger partial charge in [-0.2, -0.15) is 11.8 Å². The Morgan fingerprint density at radius 3 is 2.38 bits per heavy atom. The number of halogens is 2. The molecule has 1 atom stereocenters. The molecule has 0 aliphatic rings. The van der Waals surface area contributed by atoms with Gasteiger partial charge in [-0.1, -0.05) is 43.1 Å². The minimum Gasteiger partial charge on any atom is -0.353 e. The molecule has 0 saturated carbocycles. The van der Waals surface area contributed by atoms with E-state index in [2.05, 4.69) is 10.6 Å². The van der Waals surface area contributed by atoms with Gasteiger partial charge in [0.05, 0.1) is 0 Å². The SMILES string of the molecule is CSCCC(NC(N)=O)C(=O)NCC(C)(C)c1c(Cl)cccc1Cl. The standard InChI is InChI=1S/C16H23Cl2N3O2S/c1-16(2,13-10(17)5-4-6-11(13)18)9-20-14(22)12(7-8-24-3)21-15(19)23/h4-6,12H,7-9H2,1-3H3,(H,20,22)(H3,19,21,23). The van der Waals surface area contributed by atoms with Crippen molar-refractivity contribution in [2.24, 2.45) is 5.73 Å². The number of thioether (sulfide) groups is 1. The molecule has 0 aliphatic heterocycles. The first-order valence-electron chi connectivity index (χ1n) is 7.46. The maximum absolute atomic E-state index is 12.4. The summed E-state index contributed by atoms with van der Waals surface area (Å²) in [4.78, 5) is 23.5. The summed E-state index contributed by atoms with van der Waals surface area (Å²) in [6.07, 6.45) is 2.44. The molecule has 0 bridgehead atoms. The Labute approximate surface area is 157 Å². The van der Waals surface area contributed by atoms with Crippen LogP contribution in [-0.4, -0.2) is 36.5 Å². The van der Waals surface area contributed by atoms with E-state index in [-0.39, 0.29) is 5.91 Å². The lowest BCUT2D eigenvalue weighted by molar-refractivity contribution is -0.123. The maximum Gasteiger partial charge on any atom is 0.312 e. The Morgan fingerprint density at radius 2 is 1.88 bits per heavy atom. The molecule has 24 heavy (non-hydrogen) atoms. The number of carbonyl (C=O) groups is 2. The molecular formula is C16H23Cl2N3O2S. The van der Waals surface area contributed by atoms with Crippen LogP contribution in [0.1, 0.15) is 25.8 Å². The monoisotopic (exact) mass is 391 g/mol. The second-order valence-electron chi connectivity index (χ2n) is 6.04. The minimum atomic E-state index is -0.718. The Kier molecular flexibility index (Phi) is 8.19. The summed E-state index contributed by atoms with van der Waals surface area (Å²) < 4.78 is 0. The van der Waals surface area contributed by atoms with E-state index in [1.807, 2.05) is 20.1 Å². The number of nitrogens with two attached hydrogens (primary N) is 1. The van der Waals surface area contributed by atoms with Crippen LogP contribution in [0.5, 0.6) is 0 Å². The van der Waals surface area contributed by atoms with Gasteiger partial charge in [0.2, 0.25) is 5.91 Å². The third-order valence-corrected chi connectivity index (χ3v) is 4.86. The van der Waals surface area contributed by atoms with Gasteiger partial charge in [0.15, 0.2) is 0 Å². The lowest BCUT2D eigenvalue weighted by atomic mass is 9.84. The van der Waals surface area contributed by atoms with Crippen LogP contribution in [0.25, 0.3) is 0 Å². The fraction of sp³-hybridized carbons (Fsp3) is 0.500. The van der Waals surface area contributed by atoms with Gasteiger partial charge in [-0.05, 0) is 36.1 Å². The van der Waals surface area contributed by atoms with Gasteiger partial charge in [0, 0.05) is 22.0 Å². The number of hydrogen-bond acceptors (Lipinski definition) is 3. The first-order valence-corrected chi connectivity index (χ1v) is 9.61. The highest BCUT2D eigenvalue weighted by molar-refractivity contribution is 7.98. The fourth-order valence-electron chi connectivity index (χ4n) is 2.34. The second kappa shape index (κ2) is 9.39. The fourth-order valence-corrected chi connectivity index (χ4v) is 3.72. The summed E-state index contributed by atoms with van der Waals surface area (Å²) in [7, 11) is 0. The molecule has 0 aliphatic carbocycles. The molecule has 0 spiro atoms. The first-order chi connectivity index (χ1) is 11.2. The topological polar surface area (TPSA) is 84.2 Å². The summed E-state index contributed by atoms with van der Waals surface area (Å²) in [5.41, 5.74) is 5.45. The van der Waals surface area contributed by atoms with Gasteiger partial charge in [-0.3, -0.25) is 4.79 Å². The number of urea groups is 1. The molecule has 0 aromatic heterocycles. The third-order valence-electron chi connectivity index (χ3n) is 3.59. The molecule has 8 heteroatoms. The number of rotatable bonds is 8. The molecule has 5 nitrogen and oxygen atoms in total. The minimum absolute atomic E-state index is 0.279. The van der Waals surface area contributed by atoms with Crippen LogP contribution in [0.2, 0.25) is 10.0 Å². The van der Waals surface area contributed by atoms with Crippen LogP contribution < -0.4 is 16.4 Å². The van der Waals surface area contributed by atoms with Crippen molar-refractivity contribution < 1.29 is 9.59 Å². The molecule has 0 heterocycles. The number of benzene rings is 1. The normalized spacial score (nSPS) is 12.5. The number of carbonyl (C=O) groups excluding carboxylic acids is 2. The highest BCUT2D eigenvalue weighted by Crippen LogP contribution is 2.35. The highest BCUT2D eigenvalue weighted by atomic mass is 35.5. The van der Waals surface area contributed by atoms with E-state index in [1.165, 1.54) is 0 Å². The Morgan fingerprint density at radius 1 is 1.29 bits per heavy atom. The van der Waals surface area contributed by atoms with Crippen molar-refractivity contribution >= 4 is 46.9 Å². The molecule has 1 unspecified atom stereocenters. The van der Waals surface area contributed by atoms with E-state index < -0.39 is 17.5 Å². The predicted octanol–water partition coefficient (Wildman–Crippen LogP) is 3.18. The molecule has 1 aromatic rings. The zero-order valence-corrected chi connectivity index (χ0v) is 16.3. The number of primary amides is 1. The van der Waals surface area contributed by atoms with Crippen molar-refractivity contribution in [2.75, 3.05) is 18.6 Å². The van der Waals surface area contributed by atoms with E-state index >= 15 is 0 Å². The van der Waals surface area contributed by atoms with E-state index in [9.17, 15) is 9.59 Å². The van der Waals surface area contributed by atoms with Crippen molar-refractivity contribution in [3.63, 3.8) is 0 Å². The zero-order chi connectivity index (χ0) is 18.3. The summed E-state index contributed by atoms with van der Waals surface area (Å²) in [5, 5.41) is 6.43. The van der Waals surface area contributed by atoms with Crippen LogP contribution in [0, 0.1) is 0 Å². The van der Waals surface area contributed by atoms with Crippen molar-refractivity contribution in [3.05, 3.63) is 33.8 Å². The van der Waals surface area contributed by atoms with Crippen molar-refractivity contribution in [1.82, 2.24) is 10.6 Å². The third kappa shape index (κ3) is 6.07. The molecule has 134 valence electrons. The average molecular weight is 392 g/mol. The maximum atomic E-state index is 12.4. The van der Waals surface area contributed by atoms with Gasteiger partial charge >= 0.3 is 6.03 Å². The number of hydrogen-bond donors (Lipinski definition) is 3. The van der Waals surface area contributed by atoms with Gasteiger partial charge in [0.1, 0.15) is 6.04 Å².